The van der Waals surface area contributed by atoms with Crippen LogP contribution in [0.2, 0.25) is 5.02 Å². The van der Waals surface area contributed by atoms with Gasteiger partial charge in [0.15, 0.2) is 11.5 Å². The third-order valence-electron chi connectivity index (χ3n) is 3.07. The Morgan fingerprint density at radius 3 is 2.35 bits per heavy atom. The molecule has 8 heteroatoms. The zero-order valence-corrected chi connectivity index (χ0v) is 13.1. The zero-order valence-electron chi connectivity index (χ0n) is 12.3. The predicted molar refractivity (Wildman–Crippen MR) is 85.6 cm³/mol. The molecule has 0 fully saturated rings. The third-order valence-corrected chi connectivity index (χ3v) is 3.39. The van der Waals surface area contributed by atoms with E-state index in [2.05, 4.69) is 5.32 Å². The van der Waals surface area contributed by atoms with Gasteiger partial charge in [-0.25, -0.2) is 0 Å². The lowest BCUT2D eigenvalue weighted by molar-refractivity contribution is -0.385. The van der Waals surface area contributed by atoms with Gasteiger partial charge >= 0.3 is 0 Å². The lowest BCUT2D eigenvalue weighted by Gasteiger charge is -2.11. The average Bonchev–Trinajstić information content (AvgIpc) is 2.55. The fourth-order valence-corrected chi connectivity index (χ4v) is 2.14. The SMILES string of the molecule is COc1cc(C(=O)Nc2ccccc2Cl)c([N+](=O)[O-])cc1OC. The van der Waals surface area contributed by atoms with Gasteiger partial charge in [-0.3, -0.25) is 14.9 Å². The Morgan fingerprint density at radius 2 is 1.78 bits per heavy atom. The Hall–Kier alpha value is -2.80. The third kappa shape index (κ3) is 3.51. The van der Waals surface area contributed by atoms with Gasteiger partial charge in [0, 0.05) is 6.07 Å². The Kier molecular flexibility index (Phi) is 5.02. The van der Waals surface area contributed by atoms with Crippen molar-refractivity contribution in [3.05, 3.63) is 57.1 Å². The number of nitrogens with zero attached hydrogens (tertiary/aromatic N) is 1. The molecule has 23 heavy (non-hydrogen) atoms. The fourth-order valence-electron chi connectivity index (χ4n) is 1.95. The van der Waals surface area contributed by atoms with E-state index in [1.54, 1.807) is 24.3 Å². The molecule has 0 aromatic heterocycles. The maximum atomic E-state index is 12.4. The Labute approximate surface area is 136 Å². The monoisotopic (exact) mass is 336 g/mol. The maximum absolute atomic E-state index is 12.4. The Balaban J connectivity index is 2.46. The van der Waals surface area contributed by atoms with Crippen LogP contribution in [-0.2, 0) is 0 Å². The number of anilines is 1. The molecule has 0 radical (unpaired) electrons. The van der Waals surface area contributed by atoms with Crippen molar-refractivity contribution in [1.29, 1.82) is 0 Å². The second-order valence-electron chi connectivity index (χ2n) is 4.42. The van der Waals surface area contributed by atoms with Gasteiger partial charge in [0.1, 0.15) is 5.56 Å². The number of ether oxygens (including phenoxy) is 2. The summed E-state index contributed by atoms with van der Waals surface area (Å²) in [6.45, 7) is 0. The minimum atomic E-state index is -0.675. The number of carbonyl (C=O) groups is 1. The number of nitro benzene ring substituents is 1. The molecule has 2 aromatic carbocycles. The predicted octanol–water partition coefficient (Wildman–Crippen LogP) is 3.52. The Bertz CT molecular complexity index is 764. The molecule has 0 unspecified atom stereocenters. The highest BCUT2D eigenvalue weighted by Gasteiger charge is 2.25. The van der Waals surface area contributed by atoms with Gasteiger partial charge in [0.25, 0.3) is 11.6 Å². The summed E-state index contributed by atoms with van der Waals surface area (Å²) in [5.74, 6) is -0.304. The summed E-state index contributed by atoms with van der Waals surface area (Å²) in [6.07, 6.45) is 0. The van der Waals surface area contributed by atoms with E-state index >= 15 is 0 Å². The van der Waals surface area contributed by atoms with Gasteiger partial charge in [-0.15, -0.1) is 0 Å². The summed E-state index contributed by atoms with van der Waals surface area (Å²) in [6, 6.07) is 8.97. The fraction of sp³-hybridized carbons (Fsp3) is 0.133. The first-order chi connectivity index (χ1) is 11.0. The van der Waals surface area contributed by atoms with Crippen molar-refractivity contribution in [3.8, 4) is 11.5 Å². The highest BCUT2D eigenvalue weighted by Crippen LogP contribution is 2.35. The zero-order chi connectivity index (χ0) is 17.0. The van der Waals surface area contributed by atoms with Gasteiger partial charge in [-0.2, -0.15) is 0 Å². The molecule has 0 aliphatic carbocycles. The first-order valence-corrected chi connectivity index (χ1v) is 6.82. The van der Waals surface area contributed by atoms with E-state index in [1.165, 1.54) is 20.3 Å². The number of amides is 1. The van der Waals surface area contributed by atoms with Gasteiger partial charge < -0.3 is 14.8 Å². The molecule has 0 aliphatic heterocycles. The summed E-state index contributed by atoms with van der Waals surface area (Å²) < 4.78 is 10.1. The van der Waals surface area contributed by atoms with Gasteiger partial charge in [0.05, 0.1) is 35.9 Å². The summed E-state index contributed by atoms with van der Waals surface area (Å²) in [5.41, 5.74) is -0.206. The number of hydrogen-bond donors (Lipinski definition) is 1. The van der Waals surface area contributed by atoms with Crippen LogP contribution >= 0.6 is 11.6 Å². The van der Waals surface area contributed by atoms with Crippen LogP contribution in [0.15, 0.2) is 36.4 Å². The number of nitrogens with one attached hydrogen (secondary N) is 1. The number of carbonyl (C=O) groups excluding carboxylic acids is 1. The first-order valence-electron chi connectivity index (χ1n) is 6.44. The van der Waals surface area contributed by atoms with Crippen LogP contribution in [0.25, 0.3) is 0 Å². The van der Waals surface area contributed by atoms with E-state index in [0.29, 0.717) is 10.7 Å². The van der Waals surface area contributed by atoms with Gasteiger partial charge in [0.2, 0.25) is 0 Å². The van der Waals surface area contributed by atoms with Crippen LogP contribution in [0, 0.1) is 10.1 Å². The number of rotatable bonds is 5. The molecular weight excluding hydrogens is 324 g/mol. The average molecular weight is 337 g/mol. The van der Waals surface area contributed by atoms with Crippen LogP contribution in [-0.4, -0.2) is 25.1 Å². The topological polar surface area (TPSA) is 90.7 Å². The number of halogens is 1. The molecule has 7 nitrogen and oxygen atoms in total. The molecule has 120 valence electrons. The lowest BCUT2D eigenvalue weighted by Crippen LogP contribution is -2.14. The smallest absolute Gasteiger partial charge is 0.286 e. The number of hydrogen-bond acceptors (Lipinski definition) is 5. The maximum Gasteiger partial charge on any atom is 0.286 e. The van der Waals surface area contributed by atoms with Crippen molar-refractivity contribution < 1.29 is 19.2 Å². The summed E-state index contributed by atoms with van der Waals surface area (Å²) in [5, 5.41) is 14.1. The highest BCUT2D eigenvalue weighted by atomic mass is 35.5. The van der Waals surface area contributed by atoms with Gasteiger partial charge in [-0.1, -0.05) is 23.7 Å². The number of nitro groups is 1. The van der Waals surface area contributed by atoms with E-state index in [4.69, 9.17) is 21.1 Å². The molecule has 2 rings (SSSR count). The molecule has 0 spiro atoms. The minimum Gasteiger partial charge on any atom is -0.493 e. The van der Waals surface area contributed by atoms with Crippen molar-refractivity contribution in [2.24, 2.45) is 0 Å². The second kappa shape index (κ2) is 6.97. The van der Waals surface area contributed by atoms with E-state index in [9.17, 15) is 14.9 Å². The molecule has 0 bridgehead atoms. The van der Waals surface area contributed by atoms with E-state index in [-0.39, 0.29) is 17.1 Å². The molecule has 2 aromatic rings. The van der Waals surface area contributed by atoms with Crippen molar-refractivity contribution in [2.45, 2.75) is 0 Å². The largest absolute Gasteiger partial charge is 0.493 e. The molecule has 0 aliphatic rings. The molecule has 1 N–H and O–H groups in total. The summed E-state index contributed by atoms with van der Waals surface area (Å²) in [7, 11) is 2.73. The quantitative estimate of drug-likeness (QED) is 0.666. The Morgan fingerprint density at radius 1 is 1.17 bits per heavy atom. The molecular formula is C15H13ClN2O5. The van der Waals surface area contributed by atoms with Crippen LogP contribution in [0.1, 0.15) is 10.4 Å². The lowest BCUT2D eigenvalue weighted by atomic mass is 10.1. The summed E-state index contributed by atoms with van der Waals surface area (Å²) in [4.78, 5) is 22.9. The standard InChI is InChI=1S/C15H13ClN2O5/c1-22-13-7-9(12(18(20)21)8-14(13)23-2)15(19)17-11-6-4-3-5-10(11)16/h3-8H,1-2H3,(H,17,19). The normalized spacial score (nSPS) is 10.0. The van der Waals surface area contributed by atoms with Crippen molar-refractivity contribution in [2.75, 3.05) is 19.5 Å². The van der Waals surface area contributed by atoms with Crippen LogP contribution in [0.5, 0.6) is 11.5 Å². The van der Waals surface area contributed by atoms with Crippen LogP contribution in [0.4, 0.5) is 11.4 Å². The number of para-hydroxylation sites is 1. The molecule has 0 saturated heterocycles. The number of methoxy groups -OCH3 is 2. The van der Waals surface area contributed by atoms with E-state index in [1.807, 2.05) is 0 Å². The molecule has 1 amide bonds. The van der Waals surface area contributed by atoms with Gasteiger partial charge in [-0.05, 0) is 12.1 Å². The highest BCUT2D eigenvalue weighted by molar-refractivity contribution is 6.34. The van der Waals surface area contributed by atoms with Crippen LogP contribution < -0.4 is 14.8 Å². The molecule has 0 heterocycles. The van der Waals surface area contributed by atoms with E-state index in [0.717, 1.165) is 6.07 Å². The minimum absolute atomic E-state index is 0.160. The van der Waals surface area contributed by atoms with Crippen LogP contribution in [0.3, 0.4) is 0 Å². The van der Waals surface area contributed by atoms with Crippen molar-refractivity contribution in [1.82, 2.24) is 0 Å². The summed E-state index contributed by atoms with van der Waals surface area (Å²) >= 11 is 5.97. The van der Waals surface area contributed by atoms with E-state index < -0.39 is 16.5 Å². The molecule has 0 atom stereocenters. The first kappa shape index (κ1) is 16.6. The second-order valence-corrected chi connectivity index (χ2v) is 4.82. The van der Waals surface area contributed by atoms with Crippen molar-refractivity contribution >= 4 is 28.9 Å². The number of benzene rings is 2. The molecule has 0 saturated carbocycles. The van der Waals surface area contributed by atoms with Crippen molar-refractivity contribution in [3.63, 3.8) is 0 Å².